The number of anilines is 1. The van der Waals surface area contributed by atoms with Crippen molar-refractivity contribution in [1.82, 2.24) is 24.8 Å². The maximum absolute atomic E-state index is 12.8. The molecule has 0 aliphatic carbocycles. The summed E-state index contributed by atoms with van der Waals surface area (Å²) in [6, 6.07) is 1.66. The smallest absolute Gasteiger partial charge is 0.274 e. The molecule has 2 fully saturated rings. The Morgan fingerprint density at radius 1 is 1.21 bits per heavy atom. The van der Waals surface area contributed by atoms with Gasteiger partial charge in [-0.3, -0.25) is 14.5 Å². The van der Waals surface area contributed by atoms with Gasteiger partial charge in [0.25, 0.3) is 11.5 Å². The van der Waals surface area contributed by atoms with E-state index in [0.717, 1.165) is 50.6 Å². The Kier molecular flexibility index (Phi) is 5.91. The average Bonchev–Trinajstić information content (AvgIpc) is 3.23. The third-order valence-corrected chi connectivity index (χ3v) is 6.73. The van der Waals surface area contributed by atoms with Gasteiger partial charge in [0.15, 0.2) is 0 Å². The Bertz CT molecular complexity index is 886. The van der Waals surface area contributed by atoms with E-state index in [1.165, 1.54) is 41.2 Å². The molecular weight excluding hydrogens is 376 g/mol. The van der Waals surface area contributed by atoms with Crippen molar-refractivity contribution < 1.29 is 4.79 Å². The van der Waals surface area contributed by atoms with Gasteiger partial charge in [-0.15, -0.1) is 5.10 Å². The van der Waals surface area contributed by atoms with Gasteiger partial charge in [-0.2, -0.15) is 9.50 Å². The predicted octanol–water partition coefficient (Wildman–Crippen LogP) is 1.75. The van der Waals surface area contributed by atoms with E-state index in [1.54, 1.807) is 0 Å². The molecule has 2 aliphatic heterocycles. The lowest BCUT2D eigenvalue weighted by atomic mass is 10.2. The third kappa shape index (κ3) is 4.05. The van der Waals surface area contributed by atoms with Gasteiger partial charge in [0.2, 0.25) is 10.1 Å². The van der Waals surface area contributed by atoms with Crippen LogP contribution in [0.5, 0.6) is 0 Å². The molecule has 0 bridgehead atoms. The van der Waals surface area contributed by atoms with Crippen LogP contribution in [-0.2, 0) is 0 Å². The maximum atomic E-state index is 12.8. The van der Waals surface area contributed by atoms with Gasteiger partial charge in [-0.05, 0) is 38.8 Å². The minimum Gasteiger partial charge on any atom is -0.349 e. The fourth-order valence-electron chi connectivity index (χ4n) is 4.20. The number of likely N-dealkylation sites (tertiary alicyclic amines) is 1. The quantitative estimate of drug-likeness (QED) is 0.817. The molecule has 8 nitrogen and oxygen atoms in total. The van der Waals surface area contributed by atoms with Crippen LogP contribution >= 0.6 is 11.3 Å². The highest BCUT2D eigenvalue weighted by atomic mass is 32.1. The highest BCUT2D eigenvalue weighted by molar-refractivity contribution is 7.20. The summed E-state index contributed by atoms with van der Waals surface area (Å²) >= 11 is 1.38. The van der Waals surface area contributed by atoms with E-state index in [9.17, 15) is 9.59 Å². The maximum Gasteiger partial charge on any atom is 0.274 e. The van der Waals surface area contributed by atoms with Crippen molar-refractivity contribution in [2.24, 2.45) is 0 Å². The first kappa shape index (κ1) is 19.3. The molecular formula is C19H28N6O2S. The Balaban J connectivity index is 1.55. The number of hydrogen-bond acceptors (Lipinski definition) is 7. The zero-order chi connectivity index (χ0) is 19.5. The van der Waals surface area contributed by atoms with Crippen LogP contribution < -0.4 is 15.8 Å². The molecule has 2 aromatic heterocycles. The molecule has 0 aromatic carbocycles. The SMILES string of the molecule is CCN1CCC[C@@H]1CNC(=O)c1cc(=O)nc2sc(N3CCCCCC3)nn12. The molecule has 1 amide bonds. The van der Waals surface area contributed by atoms with E-state index < -0.39 is 5.56 Å². The van der Waals surface area contributed by atoms with Crippen LogP contribution in [0.2, 0.25) is 0 Å². The Hall–Kier alpha value is -2.00. The molecule has 2 saturated heterocycles. The highest BCUT2D eigenvalue weighted by Gasteiger charge is 2.24. The number of rotatable bonds is 5. The van der Waals surface area contributed by atoms with Crippen molar-refractivity contribution in [3.8, 4) is 0 Å². The number of carbonyl (C=O) groups is 1. The molecule has 0 unspecified atom stereocenters. The van der Waals surface area contributed by atoms with Gasteiger partial charge < -0.3 is 10.2 Å². The number of likely N-dealkylation sites (N-methyl/N-ethyl adjacent to an activating group) is 1. The topological polar surface area (TPSA) is 82.8 Å². The van der Waals surface area contributed by atoms with Crippen molar-refractivity contribution in [3.63, 3.8) is 0 Å². The fourth-order valence-corrected chi connectivity index (χ4v) is 5.16. The second kappa shape index (κ2) is 8.57. The summed E-state index contributed by atoms with van der Waals surface area (Å²) in [6.07, 6.45) is 7.02. The summed E-state index contributed by atoms with van der Waals surface area (Å²) < 4.78 is 1.54. The van der Waals surface area contributed by atoms with Gasteiger partial charge in [0.1, 0.15) is 5.69 Å². The second-order valence-corrected chi connectivity index (χ2v) is 8.53. The standard InChI is InChI=1S/C19H28N6O2S/c1-2-23-11-7-8-14(23)13-20-17(27)15-12-16(26)21-18-25(15)22-19(28-18)24-9-5-3-4-6-10-24/h12,14H,2-11,13H2,1H3,(H,20,27)/t14-/m1/s1. The van der Waals surface area contributed by atoms with Crippen molar-refractivity contribution in [1.29, 1.82) is 0 Å². The summed E-state index contributed by atoms with van der Waals surface area (Å²) in [4.78, 5) is 34.1. The zero-order valence-corrected chi connectivity index (χ0v) is 17.2. The summed E-state index contributed by atoms with van der Waals surface area (Å²) in [5, 5.41) is 8.48. The van der Waals surface area contributed by atoms with Crippen LogP contribution in [0.25, 0.3) is 4.96 Å². The Morgan fingerprint density at radius 2 is 2.00 bits per heavy atom. The summed E-state index contributed by atoms with van der Waals surface area (Å²) in [5.74, 6) is -0.259. The number of hydrogen-bond donors (Lipinski definition) is 1. The van der Waals surface area contributed by atoms with Crippen molar-refractivity contribution in [2.75, 3.05) is 37.6 Å². The fraction of sp³-hybridized carbons (Fsp3) is 0.684. The molecule has 2 aliphatic rings. The Labute approximate surface area is 168 Å². The van der Waals surface area contributed by atoms with E-state index in [4.69, 9.17) is 0 Å². The second-order valence-electron chi connectivity index (χ2n) is 7.59. The lowest BCUT2D eigenvalue weighted by molar-refractivity contribution is 0.0933. The monoisotopic (exact) mass is 404 g/mol. The predicted molar refractivity (Wildman–Crippen MR) is 110 cm³/mol. The lowest BCUT2D eigenvalue weighted by Crippen LogP contribution is -2.40. The van der Waals surface area contributed by atoms with Crippen LogP contribution in [0.1, 0.15) is 55.9 Å². The van der Waals surface area contributed by atoms with E-state index in [2.05, 4.69) is 32.1 Å². The molecule has 28 heavy (non-hydrogen) atoms. The molecule has 9 heteroatoms. The molecule has 0 spiro atoms. The number of aromatic nitrogens is 3. The number of nitrogens with one attached hydrogen (secondary N) is 1. The number of fused-ring (bicyclic) bond motifs is 1. The largest absolute Gasteiger partial charge is 0.349 e. The van der Waals surface area contributed by atoms with Crippen molar-refractivity contribution >= 4 is 27.3 Å². The number of nitrogens with zero attached hydrogens (tertiary/aromatic N) is 5. The number of carbonyl (C=O) groups excluding carboxylic acids is 1. The average molecular weight is 405 g/mol. The molecule has 2 aromatic rings. The molecule has 1 atom stereocenters. The summed E-state index contributed by atoms with van der Waals surface area (Å²) in [5.41, 5.74) is -0.124. The third-order valence-electron chi connectivity index (χ3n) is 5.76. The highest BCUT2D eigenvalue weighted by Crippen LogP contribution is 2.25. The first-order chi connectivity index (χ1) is 13.7. The van der Waals surface area contributed by atoms with Crippen molar-refractivity contribution in [2.45, 2.75) is 51.5 Å². The summed E-state index contributed by atoms with van der Waals surface area (Å²) in [7, 11) is 0. The van der Waals surface area contributed by atoms with Gasteiger partial charge >= 0.3 is 0 Å². The molecule has 0 radical (unpaired) electrons. The van der Waals surface area contributed by atoms with E-state index in [-0.39, 0.29) is 11.6 Å². The minimum absolute atomic E-state index is 0.259. The van der Waals surface area contributed by atoms with Gasteiger partial charge in [0.05, 0.1) is 0 Å². The molecule has 152 valence electrons. The van der Waals surface area contributed by atoms with Gasteiger partial charge in [0, 0.05) is 31.7 Å². The van der Waals surface area contributed by atoms with E-state index in [0.29, 0.717) is 17.5 Å². The molecule has 4 rings (SSSR count). The first-order valence-corrected chi connectivity index (χ1v) is 11.2. The lowest BCUT2D eigenvalue weighted by Gasteiger charge is -2.22. The normalized spacial score (nSPS) is 21.2. The van der Waals surface area contributed by atoms with E-state index >= 15 is 0 Å². The molecule has 0 saturated carbocycles. The van der Waals surface area contributed by atoms with Crippen LogP contribution in [0.4, 0.5) is 5.13 Å². The van der Waals surface area contributed by atoms with Gasteiger partial charge in [-0.1, -0.05) is 31.1 Å². The Morgan fingerprint density at radius 3 is 2.75 bits per heavy atom. The molecule has 1 N–H and O–H groups in total. The van der Waals surface area contributed by atoms with E-state index in [1.807, 2.05) is 0 Å². The van der Waals surface area contributed by atoms with Crippen LogP contribution in [0, 0.1) is 0 Å². The van der Waals surface area contributed by atoms with Crippen LogP contribution in [0.3, 0.4) is 0 Å². The van der Waals surface area contributed by atoms with Gasteiger partial charge in [-0.25, -0.2) is 0 Å². The first-order valence-electron chi connectivity index (χ1n) is 10.3. The van der Waals surface area contributed by atoms with Crippen LogP contribution in [-0.4, -0.2) is 64.2 Å². The number of amides is 1. The zero-order valence-electron chi connectivity index (χ0n) is 16.4. The molecule has 4 heterocycles. The van der Waals surface area contributed by atoms with Crippen molar-refractivity contribution in [3.05, 3.63) is 22.1 Å². The van der Waals surface area contributed by atoms with Crippen LogP contribution in [0.15, 0.2) is 10.9 Å². The summed E-state index contributed by atoms with van der Waals surface area (Å²) in [6.45, 7) is 6.73. The minimum atomic E-state index is -0.396.